The number of para-hydroxylation sites is 2. The van der Waals surface area contributed by atoms with Crippen LogP contribution in [-0.2, 0) is 32.2 Å². The molecule has 0 aromatic heterocycles. The van der Waals surface area contributed by atoms with Crippen LogP contribution in [0.1, 0.15) is 66.8 Å². The second-order valence-corrected chi connectivity index (χ2v) is 14.0. The van der Waals surface area contributed by atoms with Crippen LogP contribution in [0.5, 0.6) is 0 Å². The molecule has 1 saturated heterocycles. The van der Waals surface area contributed by atoms with Crippen LogP contribution in [-0.4, -0.2) is 28.8 Å². The van der Waals surface area contributed by atoms with E-state index < -0.39 is 6.29 Å². The van der Waals surface area contributed by atoms with Gasteiger partial charge in [0.2, 0.25) is 11.8 Å². The lowest BCUT2D eigenvalue weighted by Crippen LogP contribution is -2.31. The Morgan fingerprint density at radius 3 is 2.21 bits per heavy atom. The molecule has 0 radical (unpaired) electrons. The number of ether oxygens (including phenoxy) is 2. The molecule has 52 heavy (non-hydrogen) atoms. The van der Waals surface area contributed by atoms with Gasteiger partial charge in [-0.05, 0) is 77.1 Å². The summed E-state index contributed by atoms with van der Waals surface area (Å²) < 4.78 is 13.2. The van der Waals surface area contributed by atoms with Gasteiger partial charge in [-0.25, -0.2) is 0 Å². The lowest BCUT2D eigenvalue weighted by molar-refractivity contribution is -0.245. The molecular formula is C43H45N3O5S. The number of nitrogens with one attached hydrogen (secondary N) is 2. The zero-order valence-corrected chi connectivity index (χ0v) is 29.9. The van der Waals surface area contributed by atoms with E-state index in [1.54, 1.807) is 23.9 Å². The molecule has 8 nitrogen and oxygen atoms in total. The highest BCUT2D eigenvalue weighted by atomic mass is 32.2. The van der Waals surface area contributed by atoms with Crippen molar-refractivity contribution in [2.75, 3.05) is 16.8 Å². The molecule has 5 N–H and O–H groups in total. The van der Waals surface area contributed by atoms with Crippen molar-refractivity contribution in [3.63, 3.8) is 0 Å². The molecule has 9 heteroatoms. The molecule has 5 aromatic rings. The van der Waals surface area contributed by atoms with Crippen molar-refractivity contribution in [2.24, 2.45) is 0 Å². The number of anilines is 2. The van der Waals surface area contributed by atoms with Gasteiger partial charge in [0.15, 0.2) is 6.29 Å². The standard InChI is InChI=1S/C43H45N3O5S/c44-38-16-4-5-17-39(38)46-42(49)19-7-6-18-41(48)45-27-31-10-8-11-33(24-31)34-12-9-13-35(25-34)43-50-36(29-52-37-14-2-1-3-15-37)26-40(51-43)32-22-20-30(28-47)21-23-32/h1-5,8-17,20-25,36,40,43,47H,6-7,18-19,26-29,44H2,(H,45,48)(H,46,49). The van der Waals surface area contributed by atoms with Crippen LogP contribution in [0, 0.1) is 0 Å². The Hall–Kier alpha value is -4.93. The van der Waals surface area contributed by atoms with E-state index in [4.69, 9.17) is 15.2 Å². The minimum absolute atomic E-state index is 0.00222. The predicted molar refractivity (Wildman–Crippen MR) is 207 cm³/mol. The molecule has 268 valence electrons. The molecule has 0 saturated carbocycles. The Morgan fingerprint density at radius 2 is 1.44 bits per heavy atom. The summed E-state index contributed by atoms with van der Waals surface area (Å²) in [5.41, 5.74) is 12.9. The molecule has 3 atom stereocenters. The van der Waals surface area contributed by atoms with Crippen LogP contribution in [0.2, 0.25) is 0 Å². The summed E-state index contributed by atoms with van der Waals surface area (Å²) in [6, 6.07) is 41.8. The number of carbonyl (C=O) groups is 2. The van der Waals surface area contributed by atoms with E-state index in [0.29, 0.717) is 43.6 Å². The first-order valence-corrected chi connectivity index (χ1v) is 18.7. The fourth-order valence-electron chi connectivity index (χ4n) is 6.14. The summed E-state index contributed by atoms with van der Waals surface area (Å²) >= 11 is 1.78. The Bertz CT molecular complexity index is 1920. The number of hydrogen-bond acceptors (Lipinski definition) is 7. The molecule has 0 bridgehead atoms. The minimum atomic E-state index is -0.553. The van der Waals surface area contributed by atoms with E-state index in [1.807, 2.05) is 78.9 Å². The topological polar surface area (TPSA) is 123 Å². The summed E-state index contributed by atoms with van der Waals surface area (Å²) in [6.45, 7) is 0.411. The van der Waals surface area contributed by atoms with Gasteiger partial charge in [-0.15, -0.1) is 11.8 Å². The minimum Gasteiger partial charge on any atom is -0.397 e. The quantitative estimate of drug-likeness (QED) is 0.0487. The van der Waals surface area contributed by atoms with Gasteiger partial charge in [-0.1, -0.05) is 91.0 Å². The Labute approximate surface area is 309 Å². The second-order valence-electron chi connectivity index (χ2n) is 12.9. The number of benzene rings is 5. The molecule has 3 unspecified atom stereocenters. The maximum absolute atomic E-state index is 12.6. The maximum Gasteiger partial charge on any atom is 0.224 e. The highest BCUT2D eigenvalue weighted by molar-refractivity contribution is 7.99. The van der Waals surface area contributed by atoms with Crippen LogP contribution >= 0.6 is 11.8 Å². The molecule has 6 rings (SSSR count). The number of aliphatic hydroxyl groups is 1. The molecule has 1 aliphatic rings. The first-order chi connectivity index (χ1) is 25.4. The summed E-state index contributed by atoms with van der Waals surface area (Å²) in [5, 5.41) is 15.4. The van der Waals surface area contributed by atoms with Crippen molar-refractivity contribution < 1.29 is 24.2 Å². The second kappa shape index (κ2) is 18.5. The summed E-state index contributed by atoms with van der Waals surface area (Å²) in [5.74, 6) is 0.630. The van der Waals surface area contributed by atoms with Gasteiger partial charge in [0.1, 0.15) is 0 Å². The van der Waals surface area contributed by atoms with E-state index in [9.17, 15) is 14.7 Å². The fourth-order valence-corrected chi connectivity index (χ4v) is 7.08. The molecule has 1 heterocycles. The Balaban J connectivity index is 1.05. The first kappa shape index (κ1) is 36.8. The van der Waals surface area contributed by atoms with E-state index in [0.717, 1.165) is 45.6 Å². The lowest BCUT2D eigenvalue weighted by atomic mass is 9.99. The van der Waals surface area contributed by atoms with Crippen LogP contribution in [0.3, 0.4) is 0 Å². The number of aliphatic hydroxyl groups excluding tert-OH is 1. The number of carbonyl (C=O) groups excluding carboxylic acids is 2. The normalized spacial score (nSPS) is 17.0. The van der Waals surface area contributed by atoms with Gasteiger partial charge in [-0.3, -0.25) is 9.59 Å². The number of nitrogen functional groups attached to an aromatic ring is 1. The van der Waals surface area contributed by atoms with E-state index in [-0.39, 0.29) is 30.6 Å². The predicted octanol–water partition coefficient (Wildman–Crippen LogP) is 8.58. The molecular weight excluding hydrogens is 671 g/mol. The molecule has 1 aliphatic heterocycles. The largest absolute Gasteiger partial charge is 0.397 e. The lowest BCUT2D eigenvalue weighted by Gasteiger charge is -2.36. The third kappa shape index (κ3) is 10.6. The zero-order chi connectivity index (χ0) is 36.1. The fraction of sp³-hybridized carbons (Fsp3) is 0.256. The van der Waals surface area contributed by atoms with Crippen molar-refractivity contribution in [1.29, 1.82) is 0 Å². The molecule has 1 fully saturated rings. The van der Waals surface area contributed by atoms with Crippen molar-refractivity contribution in [1.82, 2.24) is 5.32 Å². The van der Waals surface area contributed by atoms with Crippen LogP contribution in [0.4, 0.5) is 11.4 Å². The molecule has 0 spiro atoms. The number of unbranched alkanes of at least 4 members (excludes halogenated alkanes) is 1. The monoisotopic (exact) mass is 715 g/mol. The smallest absolute Gasteiger partial charge is 0.224 e. The highest BCUT2D eigenvalue weighted by Gasteiger charge is 2.32. The number of hydrogen-bond donors (Lipinski definition) is 4. The van der Waals surface area contributed by atoms with Gasteiger partial charge in [0, 0.05) is 42.0 Å². The van der Waals surface area contributed by atoms with Crippen LogP contribution in [0.25, 0.3) is 11.1 Å². The van der Waals surface area contributed by atoms with Crippen molar-refractivity contribution >= 4 is 35.0 Å². The van der Waals surface area contributed by atoms with Crippen molar-refractivity contribution in [2.45, 2.75) is 68.6 Å². The van der Waals surface area contributed by atoms with Gasteiger partial charge < -0.3 is 30.9 Å². The molecule has 5 aromatic carbocycles. The van der Waals surface area contributed by atoms with Gasteiger partial charge in [0.05, 0.1) is 30.2 Å². The summed E-state index contributed by atoms with van der Waals surface area (Å²) in [6.07, 6.45) is 1.87. The number of amides is 2. The first-order valence-electron chi connectivity index (χ1n) is 17.7. The maximum atomic E-state index is 12.6. The zero-order valence-electron chi connectivity index (χ0n) is 29.1. The third-order valence-corrected chi connectivity index (χ3v) is 10.1. The summed E-state index contributed by atoms with van der Waals surface area (Å²) in [4.78, 5) is 26.1. The number of thioether (sulfide) groups is 1. The SMILES string of the molecule is Nc1ccccc1NC(=O)CCCCC(=O)NCc1cccc(-c2cccc(C3OC(CSc4ccccc4)CC(c4ccc(CO)cc4)O3)c2)c1. The number of rotatable bonds is 15. The molecule has 0 aliphatic carbocycles. The van der Waals surface area contributed by atoms with Crippen molar-refractivity contribution in [3.8, 4) is 11.1 Å². The molecule has 2 amide bonds. The highest BCUT2D eigenvalue weighted by Crippen LogP contribution is 2.40. The average molecular weight is 716 g/mol. The van der Waals surface area contributed by atoms with Crippen LogP contribution < -0.4 is 16.4 Å². The van der Waals surface area contributed by atoms with Gasteiger partial charge in [-0.2, -0.15) is 0 Å². The van der Waals surface area contributed by atoms with Gasteiger partial charge >= 0.3 is 0 Å². The number of nitrogens with two attached hydrogens (primary N) is 1. The van der Waals surface area contributed by atoms with Crippen molar-refractivity contribution in [3.05, 3.63) is 150 Å². The van der Waals surface area contributed by atoms with E-state index in [2.05, 4.69) is 47.0 Å². The Morgan fingerprint density at radius 1 is 0.731 bits per heavy atom. The summed E-state index contributed by atoms with van der Waals surface area (Å²) in [7, 11) is 0. The Kier molecular flexibility index (Phi) is 13.1. The van der Waals surface area contributed by atoms with Crippen LogP contribution in [0.15, 0.2) is 132 Å². The average Bonchev–Trinajstić information content (AvgIpc) is 3.19. The van der Waals surface area contributed by atoms with E-state index in [1.165, 1.54) is 4.90 Å². The van der Waals surface area contributed by atoms with Gasteiger partial charge in [0.25, 0.3) is 0 Å². The van der Waals surface area contributed by atoms with E-state index >= 15 is 0 Å². The third-order valence-electron chi connectivity index (χ3n) is 9.00.